The van der Waals surface area contributed by atoms with Crippen LogP contribution < -0.4 is 5.32 Å². The summed E-state index contributed by atoms with van der Waals surface area (Å²) in [6, 6.07) is -9.27. The van der Waals surface area contributed by atoms with Crippen molar-refractivity contribution in [3.63, 3.8) is 0 Å². The number of likely N-dealkylation sites (tertiary alicyclic amines) is 11. The smallest absolute Gasteiger partial charge is 0.326 e. The summed E-state index contributed by atoms with van der Waals surface area (Å²) in [7, 11) is 0. The molecule has 0 radical (unpaired) electrons. The summed E-state index contributed by atoms with van der Waals surface area (Å²) in [6.45, 7) is 4.47. The standard InChI is InChI=1S/C60H86N12O13/c73-49(37-13-1-25-61-37)62-26-2-14-38(62)50(74)63-27-3-15-39(63)51(75)64-28-4-16-40(64)52(76)65-29-5-17-41(65)53(77)66-30-6-18-42(66)54(78)67-31-7-19-43(67)55(79)68-32-8-20-44(68)56(80)69-33-9-21-45(69)57(81)70-34-10-22-46(70)58(82)71-35-11-23-47(71)59(83)72-36-12-24-48(72)60(84)85/h37-48,61H,1-36H2,(H,84,85)/t37-,38-,39-,40-,41-,42-,43-,44-,45-,46-,47-,48-/m0/s1. The fourth-order valence-corrected chi connectivity index (χ4v) is 17.2. The monoisotopic (exact) mass is 1180 g/mol. The number of nitrogens with zero attached hydrogens (tertiary/aromatic N) is 11. The molecule has 85 heavy (non-hydrogen) atoms. The van der Waals surface area contributed by atoms with E-state index in [4.69, 9.17) is 0 Å². The Kier molecular flexibility index (Phi) is 17.2. The van der Waals surface area contributed by atoms with Crippen LogP contribution in [-0.2, 0) is 57.5 Å². The predicted molar refractivity (Wildman–Crippen MR) is 301 cm³/mol. The quantitative estimate of drug-likeness (QED) is 0.255. The number of carbonyl (C=O) groups excluding carboxylic acids is 11. The molecular weight excluding hydrogens is 1100 g/mol. The highest BCUT2D eigenvalue weighted by molar-refractivity contribution is 6.01. The minimum Gasteiger partial charge on any atom is -0.480 e. The zero-order chi connectivity index (χ0) is 59.4. The van der Waals surface area contributed by atoms with Crippen LogP contribution in [0.1, 0.15) is 154 Å². The van der Waals surface area contributed by atoms with Gasteiger partial charge in [0.2, 0.25) is 65.0 Å². The van der Waals surface area contributed by atoms with Crippen LogP contribution in [0.5, 0.6) is 0 Å². The highest BCUT2D eigenvalue weighted by Gasteiger charge is 2.54. The molecule has 12 aliphatic rings. The van der Waals surface area contributed by atoms with E-state index >= 15 is 0 Å². The minimum atomic E-state index is -1.06. The van der Waals surface area contributed by atoms with Crippen molar-refractivity contribution in [2.24, 2.45) is 0 Å². The van der Waals surface area contributed by atoms with Gasteiger partial charge in [-0.3, -0.25) is 52.7 Å². The molecule has 11 amide bonds. The molecule has 12 fully saturated rings. The summed E-state index contributed by atoms with van der Waals surface area (Å²) in [4.78, 5) is 188. The van der Waals surface area contributed by atoms with Crippen molar-refractivity contribution in [1.29, 1.82) is 0 Å². The summed E-state index contributed by atoms with van der Waals surface area (Å²) >= 11 is 0. The van der Waals surface area contributed by atoms with E-state index in [2.05, 4.69) is 5.32 Å². The third-order valence-corrected chi connectivity index (χ3v) is 21.4. The number of rotatable bonds is 12. The Bertz CT molecular complexity index is 2710. The molecule has 0 aromatic carbocycles. The third kappa shape index (κ3) is 10.8. The molecule has 12 atom stereocenters. The van der Waals surface area contributed by atoms with Gasteiger partial charge in [-0.1, -0.05) is 0 Å². The van der Waals surface area contributed by atoms with E-state index in [1.807, 2.05) is 0 Å². The van der Waals surface area contributed by atoms with Crippen LogP contribution in [0.4, 0.5) is 0 Å². The summed E-state index contributed by atoms with van der Waals surface area (Å²) in [5.41, 5.74) is 0. The number of carbonyl (C=O) groups is 12. The van der Waals surface area contributed by atoms with Crippen LogP contribution in [0, 0.1) is 0 Å². The predicted octanol–water partition coefficient (Wildman–Crippen LogP) is -0.276. The van der Waals surface area contributed by atoms with Gasteiger partial charge in [0.1, 0.15) is 66.5 Å². The van der Waals surface area contributed by atoms with Crippen LogP contribution in [0.25, 0.3) is 0 Å². The van der Waals surface area contributed by atoms with Gasteiger partial charge in [0.15, 0.2) is 0 Å². The Balaban J connectivity index is 0.664. The Hall–Kier alpha value is -6.40. The van der Waals surface area contributed by atoms with Gasteiger partial charge in [0.25, 0.3) is 0 Å². The zero-order valence-corrected chi connectivity index (χ0v) is 49.1. The highest BCUT2D eigenvalue weighted by Crippen LogP contribution is 2.36. The number of hydrogen-bond donors (Lipinski definition) is 2. The second-order valence-corrected chi connectivity index (χ2v) is 26.1. The molecule has 2 N–H and O–H groups in total. The largest absolute Gasteiger partial charge is 0.480 e. The molecule has 25 heteroatoms. The van der Waals surface area contributed by atoms with Crippen molar-refractivity contribution in [3.8, 4) is 0 Å². The van der Waals surface area contributed by atoms with Gasteiger partial charge >= 0.3 is 5.97 Å². The van der Waals surface area contributed by atoms with E-state index in [-0.39, 0.29) is 71.0 Å². The van der Waals surface area contributed by atoms with Crippen LogP contribution >= 0.6 is 0 Å². The molecule has 0 spiro atoms. The van der Waals surface area contributed by atoms with Gasteiger partial charge in [-0.25, -0.2) is 4.79 Å². The van der Waals surface area contributed by atoms with E-state index in [1.54, 1.807) is 44.1 Å². The maximum Gasteiger partial charge on any atom is 0.326 e. The van der Waals surface area contributed by atoms with Gasteiger partial charge in [-0.05, 0) is 161 Å². The lowest BCUT2D eigenvalue weighted by molar-refractivity contribution is -0.156. The number of amides is 11. The maximum absolute atomic E-state index is 14.8. The lowest BCUT2D eigenvalue weighted by atomic mass is 10.1. The first kappa shape index (κ1) is 59.0. The topological polar surface area (TPSA) is 273 Å². The van der Waals surface area contributed by atoms with Crippen molar-refractivity contribution in [3.05, 3.63) is 0 Å². The van der Waals surface area contributed by atoms with Gasteiger partial charge in [0, 0.05) is 72.0 Å². The van der Waals surface area contributed by atoms with E-state index in [0.717, 1.165) is 19.4 Å². The fraction of sp³-hybridized carbons (Fsp3) is 0.800. The molecule has 0 bridgehead atoms. The Morgan fingerprint density at radius 1 is 0.224 bits per heavy atom. The molecule has 464 valence electrons. The number of aliphatic carboxylic acids is 1. The molecule has 12 rings (SSSR count). The van der Waals surface area contributed by atoms with E-state index in [1.165, 1.54) is 9.80 Å². The summed E-state index contributed by atoms with van der Waals surface area (Å²) in [6.07, 6.45) is 12.6. The van der Waals surface area contributed by atoms with E-state index in [9.17, 15) is 62.6 Å². The molecule has 0 aliphatic carbocycles. The first-order valence-corrected chi connectivity index (χ1v) is 32.5. The first-order chi connectivity index (χ1) is 41.1. The summed E-state index contributed by atoms with van der Waals surface area (Å²) in [5, 5.41) is 13.0. The average Bonchev–Trinajstić information content (AvgIpc) is 4.28. The fourth-order valence-electron chi connectivity index (χ4n) is 17.2. The Labute approximate surface area is 496 Å². The molecule has 0 aromatic rings. The van der Waals surface area contributed by atoms with Gasteiger partial charge < -0.3 is 64.3 Å². The van der Waals surface area contributed by atoms with Gasteiger partial charge in [-0.15, -0.1) is 0 Å². The molecule has 0 unspecified atom stereocenters. The SMILES string of the molecule is O=C(O)[C@@H]1CCCN1C(=O)[C@@H]1CCCN1C(=O)[C@@H]1CCCN1C(=O)[C@@H]1CCCN1C(=O)[C@@H]1CCCN1C(=O)[C@@H]1CCCN1C(=O)[C@@H]1CCCN1C(=O)[C@@H]1CCCN1C(=O)[C@@H]1CCCN1C(=O)[C@@H]1CCCN1C(=O)[C@@H]1CCCN1C(=O)[C@@H]1CCCN1. The molecule has 0 saturated carbocycles. The number of carboxylic acids is 1. The Morgan fingerprint density at radius 2 is 0.388 bits per heavy atom. The van der Waals surface area contributed by atoms with Gasteiger partial charge in [-0.2, -0.15) is 0 Å². The molecule has 25 nitrogen and oxygen atoms in total. The van der Waals surface area contributed by atoms with Crippen molar-refractivity contribution in [2.75, 3.05) is 78.5 Å². The summed E-state index contributed by atoms with van der Waals surface area (Å²) in [5.74, 6) is -4.33. The van der Waals surface area contributed by atoms with E-state index < -0.39 is 72.4 Å². The molecule has 12 heterocycles. The molecule has 12 aliphatic heterocycles. The molecular formula is C60H86N12O13. The minimum absolute atomic E-state index is 0.0599. The van der Waals surface area contributed by atoms with Crippen molar-refractivity contribution < 1.29 is 62.6 Å². The highest BCUT2D eigenvalue weighted by atomic mass is 16.4. The number of nitrogens with one attached hydrogen (secondary N) is 1. The van der Waals surface area contributed by atoms with Crippen LogP contribution in [0.2, 0.25) is 0 Å². The van der Waals surface area contributed by atoms with Gasteiger partial charge in [0.05, 0.1) is 6.04 Å². The normalized spacial score (nSPS) is 33.2. The van der Waals surface area contributed by atoms with Crippen molar-refractivity contribution in [2.45, 2.75) is 227 Å². The zero-order valence-electron chi connectivity index (χ0n) is 49.1. The summed E-state index contributed by atoms with van der Waals surface area (Å²) < 4.78 is 0. The number of carboxylic acid groups (broad SMARTS) is 1. The lowest BCUT2D eigenvalue weighted by Gasteiger charge is -2.38. The van der Waals surface area contributed by atoms with Crippen molar-refractivity contribution in [1.82, 2.24) is 59.2 Å². The van der Waals surface area contributed by atoms with E-state index in [0.29, 0.717) is 213 Å². The molecule has 12 saturated heterocycles. The maximum atomic E-state index is 14.8. The second-order valence-electron chi connectivity index (χ2n) is 26.1. The van der Waals surface area contributed by atoms with Crippen LogP contribution in [-0.4, -0.2) is 281 Å². The Morgan fingerprint density at radius 3 is 0.553 bits per heavy atom. The number of hydrogen-bond acceptors (Lipinski definition) is 13. The first-order valence-electron chi connectivity index (χ1n) is 32.5. The lowest BCUT2D eigenvalue weighted by Crippen LogP contribution is -2.59. The average molecular weight is 1180 g/mol. The van der Waals surface area contributed by atoms with Crippen molar-refractivity contribution >= 4 is 70.9 Å². The van der Waals surface area contributed by atoms with Crippen LogP contribution in [0.3, 0.4) is 0 Å². The second kappa shape index (κ2) is 24.8. The molecule has 0 aromatic heterocycles. The van der Waals surface area contributed by atoms with Crippen LogP contribution in [0.15, 0.2) is 0 Å². The third-order valence-electron chi connectivity index (χ3n) is 21.4.